The normalized spacial score (nSPS) is 10.4. The fourth-order valence-corrected chi connectivity index (χ4v) is 2.63. The lowest BCUT2D eigenvalue weighted by atomic mass is 10.1. The van der Waals surface area contributed by atoms with Crippen LogP contribution in [0.4, 0.5) is 0 Å². The molecule has 1 rings (SSSR count). The highest BCUT2D eigenvalue weighted by atomic mass is 79.9. The summed E-state index contributed by atoms with van der Waals surface area (Å²) >= 11 is 3.53. The smallest absolute Gasteiger partial charge is 0.126 e. The van der Waals surface area contributed by atoms with Gasteiger partial charge in [0.15, 0.2) is 0 Å². The van der Waals surface area contributed by atoms with Crippen molar-refractivity contribution in [2.45, 2.75) is 32.7 Å². The molecule has 0 aliphatic rings. The van der Waals surface area contributed by atoms with Crippen molar-refractivity contribution in [3.63, 3.8) is 0 Å². The Bertz CT molecular complexity index is 472. The first-order chi connectivity index (χ1) is 10.2. The fraction of sp³-hybridized carbons (Fsp3) is 0.562. The highest BCUT2D eigenvalue weighted by molar-refractivity contribution is 9.10. The number of nitrogens with one attached hydrogen (secondary N) is 1. The quantitative estimate of drug-likeness (QED) is 0.652. The van der Waals surface area contributed by atoms with E-state index in [1.54, 1.807) is 7.11 Å². The monoisotopic (exact) mass is 354 g/mol. The lowest BCUT2D eigenvalue weighted by Crippen LogP contribution is -2.19. The van der Waals surface area contributed by atoms with Crippen LogP contribution in [0.5, 0.6) is 5.75 Å². The molecule has 21 heavy (non-hydrogen) atoms. The lowest BCUT2D eigenvalue weighted by molar-refractivity contribution is 0.199. The molecule has 0 amide bonds. The SMILES string of the molecule is COCCNCc1cc(Br)cc(C)c1OCCCCC#N. The Morgan fingerprint density at radius 3 is 2.81 bits per heavy atom. The summed E-state index contributed by atoms with van der Waals surface area (Å²) < 4.78 is 12.0. The van der Waals surface area contributed by atoms with Gasteiger partial charge in [0.1, 0.15) is 5.75 Å². The number of hydrogen-bond acceptors (Lipinski definition) is 4. The summed E-state index contributed by atoms with van der Waals surface area (Å²) in [6, 6.07) is 6.29. The van der Waals surface area contributed by atoms with Crippen LogP contribution >= 0.6 is 15.9 Å². The van der Waals surface area contributed by atoms with Crippen molar-refractivity contribution in [2.75, 3.05) is 26.9 Å². The molecule has 116 valence electrons. The minimum Gasteiger partial charge on any atom is -0.493 e. The molecule has 1 aromatic carbocycles. The van der Waals surface area contributed by atoms with Gasteiger partial charge in [-0.25, -0.2) is 0 Å². The number of halogens is 1. The van der Waals surface area contributed by atoms with Gasteiger partial charge in [0.2, 0.25) is 0 Å². The van der Waals surface area contributed by atoms with Crippen molar-refractivity contribution < 1.29 is 9.47 Å². The number of benzene rings is 1. The third kappa shape index (κ3) is 6.94. The maximum absolute atomic E-state index is 8.53. The molecule has 0 saturated carbocycles. The van der Waals surface area contributed by atoms with E-state index in [1.165, 1.54) is 0 Å². The molecule has 0 saturated heterocycles. The molecule has 1 aromatic rings. The van der Waals surface area contributed by atoms with E-state index >= 15 is 0 Å². The van der Waals surface area contributed by atoms with E-state index < -0.39 is 0 Å². The van der Waals surface area contributed by atoms with Crippen LogP contribution < -0.4 is 10.1 Å². The van der Waals surface area contributed by atoms with Crippen LogP contribution in [0.2, 0.25) is 0 Å². The van der Waals surface area contributed by atoms with Gasteiger partial charge in [-0.15, -0.1) is 0 Å². The van der Waals surface area contributed by atoms with E-state index in [1.807, 2.05) is 6.92 Å². The molecular weight excluding hydrogens is 332 g/mol. The minimum absolute atomic E-state index is 0.591. The van der Waals surface area contributed by atoms with Gasteiger partial charge in [0.25, 0.3) is 0 Å². The molecule has 4 nitrogen and oxygen atoms in total. The van der Waals surface area contributed by atoms with Crippen molar-refractivity contribution >= 4 is 15.9 Å². The summed E-state index contributed by atoms with van der Waals surface area (Å²) in [5, 5.41) is 11.9. The number of nitriles is 1. The van der Waals surface area contributed by atoms with Crippen molar-refractivity contribution in [1.82, 2.24) is 5.32 Å². The largest absolute Gasteiger partial charge is 0.493 e. The molecule has 0 aliphatic heterocycles. The van der Waals surface area contributed by atoms with E-state index in [-0.39, 0.29) is 0 Å². The van der Waals surface area contributed by atoms with Gasteiger partial charge < -0.3 is 14.8 Å². The first-order valence-electron chi connectivity index (χ1n) is 7.17. The zero-order valence-electron chi connectivity index (χ0n) is 12.7. The predicted molar refractivity (Wildman–Crippen MR) is 87.4 cm³/mol. The highest BCUT2D eigenvalue weighted by Gasteiger charge is 2.09. The molecule has 0 spiro atoms. The average Bonchev–Trinajstić information content (AvgIpc) is 2.45. The maximum Gasteiger partial charge on any atom is 0.126 e. The number of nitrogens with zero attached hydrogens (tertiary/aromatic N) is 1. The van der Waals surface area contributed by atoms with E-state index in [0.29, 0.717) is 19.6 Å². The molecule has 0 atom stereocenters. The molecule has 0 fully saturated rings. The van der Waals surface area contributed by atoms with Gasteiger partial charge in [-0.3, -0.25) is 0 Å². The minimum atomic E-state index is 0.591. The number of aryl methyl sites for hydroxylation is 1. The second-order valence-electron chi connectivity index (χ2n) is 4.84. The Balaban J connectivity index is 2.60. The number of ether oxygens (including phenoxy) is 2. The zero-order valence-corrected chi connectivity index (χ0v) is 14.3. The van der Waals surface area contributed by atoms with Gasteiger partial charge >= 0.3 is 0 Å². The summed E-state index contributed by atoms with van der Waals surface area (Å²) in [6.45, 7) is 4.95. The molecule has 0 unspecified atom stereocenters. The first kappa shape index (κ1) is 18.0. The van der Waals surface area contributed by atoms with Crippen LogP contribution in [0.1, 0.15) is 30.4 Å². The first-order valence-corrected chi connectivity index (χ1v) is 7.96. The summed E-state index contributed by atoms with van der Waals surface area (Å²) in [5.74, 6) is 0.945. The van der Waals surface area contributed by atoms with E-state index in [9.17, 15) is 0 Å². The molecule has 0 bridgehead atoms. The van der Waals surface area contributed by atoms with Gasteiger partial charge in [-0.05, 0) is 37.5 Å². The van der Waals surface area contributed by atoms with Crippen LogP contribution in [0.15, 0.2) is 16.6 Å². The van der Waals surface area contributed by atoms with E-state index in [2.05, 4.69) is 39.4 Å². The zero-order chi connectivity index (χ0) is 15.5. The molecule has 1 N–H and O–H groups in total. The average molecular weight is 355 g/mol. The molecule has 0 radical (unpaired) electrons. The summed E-state index contributed by atoms with van der Waals surface area (Å²) in [6.07, 6.45) is 2.38. The topological polar surface area (TPSA) is 54.3 Å². The summed E-state index contributed by atoms with van der Waals surface area (Å²) in [5.41, 5.74) is 2.26. The Hall–Kier alpha value is -1.09. The van der Waals surface area contributed by atoms with Crippen LogP contribution in [0.25, 0.3) is 0 Å². The van der Waals surface area contributed by atoms with Crippen LogP contribution in [-0.4, -0.2) is 26.9 Å². The van der Waals surface area contributed by atoms with Crippen LogP contribution in [0, 0.1) is 18.3 Å². The fourth-order valence-electron chi connectivity index (χ4n) is 2.01. The van der Waals surface area contributed by atoms with Crippen molar-refractivity contribution in [3.8, 4) is 11.8 Å². The molecule has 0 aliphatic carbocycles. The number of unbranched alkanes of at least 4 members (excludes halogenated alkanes) is 2. The third-order valence-electron chi connectivity index (χ3n) is 3.04. The maximum atomic E-state index is 8.53. The lowest BCUT2D eigenvalue weighted by Gasteiger charge is -2.15. The Labute approximate surface area is 135 Å². The molecule has 0 aromatic heterocycles. The van der Waals surface area contributed by atoms with E-state index in [4.69, 9.17) is 14.7 Å². The Kier molecular flexibility index (Phi) is 9.07. The summed E-state index contributed by atoms with van der Waals surface area (Å²) in [7, 11) is 1.70. The molecule has 5 heteroatoms. The molecular formula is C16H23BrN2O2. The highest BCUT2D eigenvalue weighted by Crippen LogP contribution is 2.28. The van der Waals surface area contributed by atoms with Crippen LogP contribution in [0.3, 0.4) is 0 Å². The standard InChI is InChI=1S/C16H23BrN2O2/c1-13-10-15(17)11-14(12-19-7-9-20-2)16(13)21-8-5-3-4-6-18/h10-11,19H,3-5,7-9,12H2,1-2H3. The second-order valence-corrected chi connectivity index (χ2v) is 5.76. The summed E-state index contributed by atoms with van der Waals surface area (Å²) in [4.78, 5) is 0. The number of rotatable bonds is 10. The van der Waals surface area contributed by atoms with Gasteiger partial charge in [-0.1, -0.05) is 15.9 Å². The van der Waals surface area contributed by atoms with Crippen molar-refractivity contribution in [2.24, 2.45) is 0 Å². The molecule has 0 heterocycles. The van der Waals surface area contributed by atoms with Gasteiger partial charge in [0.05, 0.1) is 19.3 Å². The predicted octanol–water partition coefficient (Wildman–Crippen LogP) is 3.57. The van der Waals surface area contributed by atoms with Gasteiger partial charge in [-0.2, -0.15) is 5.26 Å². The van der Waals surface area contributed by atoms with Gasteiger partial charge in [0, 0.05) is 36.7 Å². The van der Waals surface area contributed by atoms with E-state index in [0.717, 1.165) is 47.3 Å². The van der Waals surface area contributed by atoms with Crippen molar-refractivity contribution in [1.29, 1.82) is 5.26 Å². The Morgan fingerprint density at radius 2 is 2.10 bits per heavy atom. The number of hydrogen-bond donors (Lipinski definition) is 1. The van der Waals surface area contributed by atoms with Crippen LogP contribution in [-0.2, 0) is 11.3 Å². The number of methoxy groups -OCH3 is 1. The Morgan fingerprint density at radius 1 is 1.29 bits per heavy atom. The third-order valence-corrected chi connectivity index (χ3v) is 3.50. The second kappa shape index (κ2) is 10.6. The van der Waals surface area contributed by atoms with Crippen molar-refractivity contribution in [3.05, 3.63) is 27.7 Å².